The molecule has 4 rings (SSSR count). The summed E-state index contributed by atoms with van der Waals surface area (Å²) in [6.45, 7) is 6.86. The zero-order valence-electron chi connectivity index (χ0n) is 18.0. The van der Waals surface area contributed by atoms with Crippen molar-refractivity contribution in [3.8, 4) is 5.75 Å². The number of nitrogens with one attached hydrogen (secondary N) is 1. The molecular formula is C25H30N2O3. The van der Waals surface area contributed by atoms with Gasteiger partial charge in [0.2, 0.25) is 5.91 Å². The number of hydrogen-bond donors (Lipinski definition) is 1. The van der Waals surface area contributed by atoms with Crippen LogP contribution in [0.5, 0.6) is 5.75 Å². The molecule has 1 atom stereocenters. The third-order valence-corrected chi connectivity index (χ3v) is 6.27. The van der Waals surface area contributed by atoms with Gasteiger partial charge in [0.25, 0.3) is 0 Å². The summed E-state index contributed by atoms with van der Waals surface area (Å²) in [5, 5.41) is 4.19. The van der Waals surface area contributed by atoms with E-state index in [9.17, 15) is 4.79 Å². The first kappa shape index (κ1) is 20.5. The van der Waals surface area contributed by atoms with E-state index in [-0.39, 0.29) is 11.9 Å². The van der Waals surface area contributed by atoms with Crippen molar-refractivity contribution in [3.63, 3.8) is 0 Å². The van der Waals surface area contributed by atoms with Crippen molar-refractivity contribution in [2.75, 3.05) is 26.7 Å². The van der Waals surface area contributed by atoms with Crippen LogP contribution in [0.1, 0.15) is 41.1 Å². The summed E-state index contributed by atoms with van der Waals surface area (Å²) >= 11 is 0. The molecule has 1 aliphatic heterocycles. The molecule has 1 saturated heterocycles. The number of fused-ring (bicyclic) bond motifs is 1. The second-order valence-corrected chi connectivity index (χ2v) is 8.16. The smallest absolute Gasteiger partial charge is 0.224 e. The molecule has 0 saturated carbocycles. The quantitative estimate of drug-likeness (QED) is 0.625. The molecule has 0 spiro atoms. The molecule has 1 N–H and O–H groups in total. The van der Waals surface area contributed by atoms with E-state index >= 15 is 0 Å². The standard InChI is InChI=1S/C25H30N2O3/c1-17-6-11-22-20(16-30-25(22)18(17)2)14-24(28)26-15-23(27-12-4-5-13-27)19-7-9-21(29-3)10-8-19/h6-11,16,23H,4-5,12-15H2,1-3H3,(H,26,28)/t23-/m1/s1. The minimum atomic E-state index is 0.0219. The Bertz CT molecular complexity index is 1020. The van der Waals surface area contributed by atoms with Crippen LogP contribution in [-0.2, 0) is 11.2 Å². The van der Waals surface area contributed by atoms with Crippen LogP contribution in [0.25, 0.3) is 11.0 Å². The number of nitrogens with zero attached hydrogens (tertiary/aromatic N) is 1. The van der Waals surface area contributed by atoms with Gasteiger partial charge in [-0.3, -0.25) is 9.69 Å². The molecule has 5 heteroatoms. The van der Waals surface area contributed by atoms with Gasteiger partial charge in [0.1, 0.15) is 11.3 Å². The van der Waals surface area contributed by atoms with Gasteiger partial charge in [0, 0.05) is 17.5 Å². The highest BCUT2D eigenvalue weighted by Gasteiger charge is 2.24. The summed E-state index contributed by atoms with van der Waals surface area (Å²) in [7, 11) is 1.68. The predicted octanol–water partition coefficient (Wildman–Crippen LogP) is 4.55. The first-order valence-corrected chi connectivity index (χ1v) is 10.7. The zero-order valence-corrected chi connectivity index (χ0v) is 18.0. The van der Waals surface area contributed by atoms with Gasteiger partial charge in [-0.2, -0.15) is 0 Å². The minimum Gasteiger partial charge on any atom is -0.497 e. The van der Waals surface area contributed by atoms with Crippen molar-refractivity contribution in [1.29, 1.82) is 0 Å². The highest BCUT2D eigenvalue weighted by molar-refractivity contribution is 5.89. The third-order valence-electron chi connectivity index (χ3n) is 6.27. The second-order valence-electron chi connectivity index (χ2n) is 8.16. The third kappa shape index (κ3) is 4.21. The van der Waals surface area contributed by atoms with Crippen molar-refractivity contribution in [2.24, 2.45) is 0 Å². The largest absolute Gasteiger partial charge is 0.497 e. The average molecular weight is 407 g/mol. The van der Waals surface area contributed by atoms with Gasteiger partial charge in [-0.1, -0.05) is 24.3 Å². The van der Waals surface area contributed by atoms with Gasteiger partial charge in [-0.15, -0.1) is 0 Å². The fourth-order valence-corrected chi connectivity index (χ4v) is 4.31. The molecule has 0 radical (unpaired) electrons. The van der Waals surface area contributed by atoms with Crippen LogP contribution in [0.4, 0.5) is 0 Å². The van der Waals surface area contributed by atoms with E-state index in [1.807, 2.05) is 18.2 Å². The van der Waals surface area contributed by atoms with E-state index < -0.39 is 0 Å². The van der Waals surface area contributed by atoms with Crippen LogP contribution < -0.4 is 10.1 Å². The van der Waals surface area contributed by atoms with Gasteiger partial charge < -0.3 is 14.5 Å². The van der Waals surface area contributed by atoms with Crippen molar-refractivity contribution >= 4 is 16.9 Å². The first-order chi connectivity index (χ1) is 14.6. The summed E-state index contributed by atoms with van der Waals surface area (Å²) in [6, 6.07) is 12.5. The molecule has 0 unspecified atom stereocenters. The number of methoxy groups -OCH3 is 1. The highest BCUT2D eigenvalue weighted by Crippen LogP contribution is 2.28. The van der Waals surface area contributed by atoms with Crippen LogP contribution in [-0.4, -0.2) is 37.6 Å². The number of benzene rings is 2. The van der Waals surface area contributed by atoms with E-state index in [1.54, 1.807) is 13.4 Å². The molecule has 1 aromatic heterocycles. The molecule has 2 aromatic carbocycles. The molecule has 1 fully saturated rings. The summed E-state index contributed by atoms with van der Waals surface area (Å²) < 4.78 is 11.0. The van der Waals surface area contributed by atoms with E-state index in [0.717, 1.165) is 40.9 Å². The van der Waals surface area contributed by atoms with Crippen molar-refractivity contribution < 1.29 is 13.9 Å². The normalized spacial score (nSPS) is 15.4. The number of ether oxygens (including phenoxy) is 1. The Morgan fingerprint density at radius 1 is 1.13 bits per heavy atom. The number of carbonyl (C=O) groups is 1. The van der Waals surface area contributed by atoms with Gasteiger partial charge in [0.05, 0.1) is 25.8 Å². The van der Waals surface area contributed by atoms with Gasteiger partial charge in [-0.25, -0.2) is 0 Å². The molecule has 30 heavy (non-hydrogen) atoms. The Hall–Kier alpha value is -2.79. The van der Waals surface area contributed by atoms with Gasteiger partial charge in [-0.05, 0) is 68.6 Å². The van der Waals surface area contributed by atoms with Crippen molar-refractivity contribution in [3.05, 3.63) is 64.9 Å². The molecule has 158 valence electrons. The van der Waals surface area contributed by atoms with Crippen LogP contribution in [0.3, 0.4) is 0 Å². The molecule has 0 bridgehead atoms. The first-order valence-electron chi connectivity index (χ1n) is 10.7. The number of likely N-dealkylation sites (tertiary alicyclic amines) is 1. The maximum atomic E-state index is 12.8. The van der Waals surface area contributed by atoms with Crippen LogP contribution in [0, 0.1) is 13.8 Å². The Balaban J connectivity index is 1.45. The van der Waals surface area contributed by atoms with E-state index in [1.165, 1.54) is 24.0 Å². The van der Waals surface area contributed by atoms with E-state index in [4.69, 9.17) is 9.15 Å². The maximum Gasteiger partial charge on any atom is 0.224 e. The molecule has 3 aromatic rings. The molecule has 0 aliphatic carbocycles. The molecule has 2 heterocycles. The van der Waals surface area contributed by atoms with Crippen molar-refractivity contribution in [2.45, 2.75) is 39.2 Å². The molecular weight excluding hydrogens is 376 g/mol. The SMILES string of the molecule is COc1ccc([C@@H](CNC(=O)Cc2coc3c(C)c(C)ccc23)N2CCCC2)cc1. The number of rotatable bonds is 7. The van der Waals surface area contributed by atoms with E-state index in [0.29, 0.717) is 13.0 Å². The highest BCUT2D eigenvalue weighted by atomic mass is 16.5. The topological polar surface area (TPSA) is 54.7 Å². The summed E-state index contributed by atoms with van der Waals surface area (Å²) in [5.74, 6) is 0.869. The zero-order chi connectivity index (χ0) is 21.1. The average Bonchev–Trinajstić information content (AvgIpc) is 3.42. The molecule has 1 amide bonds. The number of aryl methyl sites for hydroxylation is 2. The Kier molecular flexibility index (Phi) is 6.09. The summed E-state index contributed by atoms with van der Waals surface area (Å²) in [4.78, 5) is 15.2. The monoisotopic (exact) mass is 406 g/mol. The Labute approximate surface area is 178 Å². The minimum absolute atomic E-state index is 0.0219. The van der Waals surface area contributed by atoms with Gasteiger partial charge >= 0.3 is 0 Å². The number of furan rings is 1. The number of carbonyl (C=O) groups excluding carboxylic acids is 1. The fraction of sp³-hybridized carbons (Fsp3) is 0.400. The molecule has 5 nitrogen and oxygen atoms in total. The van der Waals surface area contributed by atoms with Crippen LogP contribution >= 0.6 is 0 Å². The lowest BCUT2D eigenvalue weighted by Gasteiger charge is -2.28. The van der Waals surface area contributed by atoms with Crippen LogP contribution in [0.2, 0.25) is 0 Å². The Morgan fingerprint density at radius 3 is 2.57 bits per heavy atom. The summed E-state index contributed by atoms with van der Waals surface area (Å²) in [6.07, 6.45) is 4.46. The lowest BCUT2D eigenvalue weighted by molar-refractivity contribution is -0.120. The molecule has 1 aliphatic rings. The van der Waals surface area contributed by atoms with Gasteiger partial charge in [0.15, 0.2) is 0 Å². The second kappa shape index (κ2) is 8.92. The summed E-state index contributed by atoms with van der Waals surface area (Å²) in [5.41, 5.74) is 5.35. The Morgan fingerprint density at radius 2 is 1.87 bits per heavy atom. The van der Waals surface area contributed by atoms with Crippen LogP contribution in [0.15, 0.2) is 47.1 Å². The fourth-order valence-electron chi connectivity index (χ4n) is 4.31. The lowest BCUT2D eigenvalue weighted by atomic mass is 10.0. The lowest BCUT2D eigenvalue weighted by Crippen LogP contribution is -2.37. The van der Waals surface area contributed by atoms with Crippen molar-refractivity contribution in [1.82, 2.24) is 10.2 Å². The number of hydrogen-bond acceptors (Lipinski definition) is 4. The van der Waals surface area contributed by atoms with E-state index in [2.05, 4.69) is 42.3 Å². The number of amides is 1. The maximum absolute atomic E-state index is 12.8. The predicted molar refractivity (Wildman–Crippen MR) is 119 cm³/mol.